The van der Waals surface area contributed by atoms with Crippen molar-refractivity contribution in [2.75, 3.05) is 18.4 Å². The highest BCUT2D eigenvalue weighted by atomic mass is 16.3. The van der Waals surface area contributed by atoms with E-state index in [1.54, 1.807) is 30.4 Å². The van der Waals surface area contributed by atoms with E-state index in [4.69, 9.17) is 5.26 Å². The Kier molecular flexibility index (Phi) is 6.29. The summed E-state index contributed by atoms with van der Waals surface area (Å²) in [5.74, 6) is -0.396. The summed E-state index contributed by atoms with van der Waals surface area (Å²) in [6.07, 6.45) is 4.43. The Bertz CT molecular complexity index is 590. The summed E-state index contributed by atoms with van der Waals surface area (Å²) in [5, 5.41) is 21.5. The minimum Gasteiger partial charge on any atom is -0.506 e. The number of nitrogens with zero attached hydrogens (tertiary/aromatic N) is 2. The molecule has 0 aliphatic carbocycles. The van der Waals surface area contributed by atoms with Gasteiger partial charge in [0.05, 0.1) is 5.69 Å². The number of phenols is 1. The van der Waals surface area contributed by atoms with Gasteiger partial charge in [0.25, 0.3) is 5.91 Å². The lowest BCUT2D eigenvalue weighted by Gasteiger charge is -2.18. The molecular weight excluding hydrogens is 266 g/mol. The fraction of sp³-hybridized carbons (Fsp3) is 0.125. The van der Waals surface area contributed by atoms with Crippen LogP contribution in [0.2, 0.25) is 0 Å². The number of para-hydroxylation sites is 2. The average molecular weight is 283 g/mol. The monoisotopic (exact) mass is 283 g/mol. The summed E-state index contributed by atoms with van der Waals surface area (Å²) in [5.41, 5.74) is 0.346. The molecule has 1 amide bonds. The lowest BCUT2D eigenvalue weighted by atomic mass is 10.2. The van der Waals surface area contributed by atoms with Crippen molar-refractivity contribution in [3.63, 3.8) is 0 Å². The second-order valence-electron chi connectivity index (χ2n) is 4.12. The molecule has 0 aromatic heterocycles. The van der Waals surface area contributed by atoms with E-state index in [-0.39, 0.29) is 11.3 Å². The van der Waals surface area contributed by atoms with Crippen molar-refractivity contribution < 1.29 is 9.90 Å². The number of benzene rings is 1. The number of hydrogen-bond donors (Lipinski definition) is 2. The summed E-state index contributed by atoms with van der Waals surface area (Å²) in [4.78, 5) is 13.6. The molecule has 0 saturated heterocycles. The highest BCUT2D eigenvalue weighted by molar-refractivity contribution is 5.97. The zero-order valence-electron chi connectivity index (χ0n) is 11.6. The molecule has 1 rings (SSSR count). The topological polar surface area (TPSA) is 76.4 Å². The second-order valence-corrected chi connectivity index (χ2v) is 4.12. The van der Waals surface area contributed by atoms with Crippen molar-refractivity contribution in [3.8, 4) is 11.8 Å². The third-order valence-corrected chi connectivity index (χ3v) is 2.61. The SMILES string of the molecule is C=CCN(CC=C)C(=O)/C(C#N)=C\Nc1ccccc1O. The van der Waals surface area contributed by atoms with E-state index in [0.717, 1.165) is 0 Å². The van der Waals surface area contributed by atoms with E-state index >= 15 is 0 Å². The minimum absolute atomic E-state index is 0.0347. The number of carbonyl (C=O) groups excluding carboxylic acids is 1. The molecule has 0 aliphatic rings. The number of phenolic OH excluding ortho intramolecular Hbond substituents is 1. The van der Waals surface area contributed by atoms with Crippen LogP contribution >= 0.6 is 0 Å². The number of hydrogen-bond acceptors (Lipinski definition) is 4. The zero-order chi connectivity index (χ0) is 15.7. The standard InChI is InChI=1S/C16H17N3O2/c1-3-9-19(10-4-2)16(21)13(11-17)12-18-14-7-5-6-8-15(14)20/h3-8,12,18,20H,1-2,9-10H2/b13-12-. The first-order chi connectivity index (χ1) is 10.1. The number of carbonyl (C=O) groups is 1. The molecule has 0 heterocycles. The molecular formula is C16H17N3O2. The number of nitriles is 1. The number of anilines is 1. The normalized spacial score (nSPS) is 10.3. The average Bonchev–Trinajstić information content (AvgIpc) is 2.49. The van der Waals surface area contributed by atoms with Crippen molar-refractivity contribution in [2.45, 2.75) is 0 Å². The molecule has 0 radical (unpaired) electrons. The Morgan fingerprint density at radius 2 is 1.95 bits per heavy atom. The van der Waals surface area contributed by atoms with Crippen LogP contribution in [0, 0.1) is 11.3 Å². The fourth-order valence-electron chi connectivity index (χ4n) is 1.61. The van der Waals surface area contributed by atoms with Crippen LogP contribution in [0.5, 0.6) is 5.75 Å². The van der Waals surface area contributed by atoms with Crippen LogP contribution in [0.25, 0.3) is 0 Å². The molecule has 1 aromatic rings. The predicted octanol–water partition coefficient (Wildman–Crippen LogP) is 2.41. The van der Waals surface area contributed by atoms with Gasteiger partial charge in [0.1, 0.15) is 17.4 Å². The summed E-state index contributed by atoms with van der Waals surface area (Å²) in [7, 11) is 0. The molecule has 2 N–H and O–H groups in total. The van der Waals surface area contributed by atoms with Crippen molar-refractivity contribution in [3.05, 3.63) is 61.3 Å². The zero-order valence-corrected chi connectivity index (χ0v) is 11.6. The summed E-state index contributed by atoms with van der Waals surface area (Å²) in [6, 6.07) is 8.39. The molecule has 0 spiro atoms. The van der Waals surface area contributed by atoms with Gasteiger partial charge in [-0.1, -0.05) is 24.3 Å². The lowest BCUT2D eigenvalue weighted by Crippen LogP contribution is -2.32. The summed E-state index contributed by atoms with van der Waals surface area (Å²) in [6.45, 7) is 7.79. The Labute approximate surface area is 124 Å². The lowest BCUT2D eigenvalue weighted by molar-refractivity contribution is -0.125. The summed E-state index contributed by atoms with van der Waals surface area (Å²) < 4.78 is 0. The molecule has 0 saturated carbocycles. The van der Waals surface area contributed by atoms with Gasteiger partial charge >= 0.3 is 0 Å². The molecule has 5 heteroatoms. The Morgan fingerprint density at radius 1 is 1.33 bits per heavy atom. The number of nitrogens with one attached hydrogen (secondary N) is 1. The Morgan fingerprint density at radius 3 is 2.48 bits per heavy atom. The third-order valence-electron chi connectivity index (χ3n) is 2.61. The molecule has 0 atom stereocenters. The van der Waals surface area contributed by atoms with Crippen LogP contribution in [0.1, 0.15) is 0 Å². The van der Waals surface area contributed by atoms with Crippen LogP contribution in [-0.2, 0) is 4.79 Å². The number of amides is 1. The van der Waals surface area contributed by atoms with Crippen LogP contribution in [0.4, 0.5) is 5.69 Å². The highest BCUT2D eigenvalue weighted by Gasteiger charge is 2.16. The molecule has 1 aromatic carbocycles. The molecule has 5 nitrogen and oxygen atoms in total. The van der Waals surface area contributed by atoms with Crippen molar-refractivity contribution >= 4 is 11.6 Å². The largest absolute Gasteiger partial charge is 0.506 e. The van der Waals surface area contributed by atoms with Crippen LogP contribution in [0.15, 0.2) is 61.3 Å². The van der Waals surface area contributed by atoms with E-state index in [2.05, 4.69) is 18.5 Å². The van der Waals surface area contributed by atoms with Gasteiger partial charge in [-0.2, -0.15) is 5.26 Å². The van der Waals surface area contributed by atoms with Crippen molar-refractivity contribution in [1.82, 2.24) is 4.90 Å². The van der Waals surface area contributed by atoms with E-state index in [1.807, 2.05) is 6.07 Å². The van der Waals surface area contributed by atoms with Gasteiger partial charge in [-0.05, 0) is 12.1 Å². The van der Waals surface area contributed by atoms with E-state index < -0.39 is 5.91 Å². The van der Waals surface area contributed by atoms with Gasteiger partial charge in [-0.15, -0.1) is 13.2 Å². The van der Waals surface area contributed by atoms with Crippen molar-refractivity contribution in [2.24, 2.45) is 0 Å². The summed E-state index contributed by atoms with van der Waals surface area (Å²) >= 11 is 0. The molecule has 0 bridgehead atoms. The minimum atomic E-state index is -0.430. The second kappa shape index (κ2) is 8.23. The molecule has 0 unspecified atom stereocenters. The van der Waals surface area contributed by atoms with E-state index in [9.17, 15) is 9.90 Å². The van der Waals surface area contributed by atoms with Gasteiger partial charge < -0.3 is 15.3 Å². The first kappa shape index (κ1) is 16.1. The van der Waals surface area contributed by atoms with Gasteiger partial charge in [-0.3, -0.25) is 4.79 Å². The molecule has 21 heavy (non-hydrogen) atoms. The first-order valence-corrected chi connectivity index (χ1v) is 6.30. The molecule has 0 fully saturated rings. The Balaban J connectivity index is 2.91. The van der Waals surface area contributed by atoms with Gasteiger partial charge in [-0.25, -0.2) is 0 Å². The predicted molar refractivity (Wildman–Crippen MR) is 82.4 cm³/mol. The smallest absolute Gasteiger partial charge is 0.266 e. The quantitative estimate of drug-likeness (QED) is 0.349. The molecule has 108 valence electrons. The van der Waals surface area contributed by atoms with Crippen LogP contribution in [-0.4, -0.2) is 29.0 Å². The van der Waals surface area contributed by atoms with Gasteiger partial charge in [0.2, 0.25) is 0 Å². The first-order valence-electron chi connectivity index (χ1n) is 6.30. The maximum absolute atomic E-state index is 12.2. The van der Waals surface area contributed by atoms with E-state index in [1.165, 1.54) is 17.2 Å². The molecule has 0 aliphatic heterocycles. The maximum atomic E-state index is 12.2. The fourth-order valence-corrected chi connectivity index (χ4v) is 1.61. The highest BCUT2D eigenvalue weighted by Crippen LogP contribution is 2.21. The number of rotatable bonds is 7. The van der Waals surface area contributed by atoms with Crippen LogP contribution < -0.4 is 5.32 Å². The third kappa shape index (κ3) is 4.55. The van der Waals surface area contributed by atoms with Crippen LogP contribution in [0.3, 0.4) is 0 Å². The van der Waals surface area contributed by atoms with E-state index in [0.29, 0.717) is 18.8 Å². The van der Waals surface area contributed by atoms with Gasteiger partial charge in [0, 0.05) is 19.3 Å². The van der Waals surface area contributed by atoms with Gasteiger partial charge in [0.15, 0.2) is 0 Å². The maximum Gasteiger partial charge on any atom is 0.266 e. The number of aromatic hydroxyl groups is 1. The van der Waals surface area contributed by atoms with Crippen molar-refractivity contribution in [1.29, 1.82) is 5.26 Å². The Hall–Kier alpha value is -3.00.